The fraction of sp³-hybridized carbons (Fsp3) is 0.273. The van der Waals surface area contributed by atoms with Crippen molar-refractivity contribution in [3.63, 3.8) is 0 Å². The lowest BCUT2D eigenvalue weighted by molar-refractivity contribution is 0.0525. The Morgan fingerprint density at radius 1 is 1.60 bits per heavy atom. The maximum atomic E-state index is 11.5. The molecule has 1 rings (SSSR count). The van der Waals surface area contributed by atoms with Crippen molar-refractivity contribution < 1.29 is 9.53 Å². The molecule has 0 heterocycles. The largest absolute Gasteiger partial charge is 0.462 e. The molecule has 0 saturated carbocycles. The number of nitrogens with zero attached hydrogens (tertiary/aromatic N) is 1. The molecule has 78 valence electrons. The number of hydrogen-bond acceptors (Lipinski definition) is 3. The summed E-state index contributed by atoms with van der Waals surface area (Å²) in [6.45, 7) is 3.92. The maximum Gasteiger partial charge on any atom is 0.339 e. The number of halogens is 1. The number of carbonyl (C=O) groups excluding carboxylic acids is 1. The zero-order valence-electron chi connectivity index (χ0n) is 8.50. The number of hydrogen-bond donors (Lipinski definition) is 0. The van der Waals surface area contributed by atoms with Crippen LogP contribution in [0.2, 0.25) is 0 Å². The molecular weight excluding hydrogens is 305 g/mol. The predicted molar refractivity (Wildman–Crippen MR) is 64.6 cm³/mol. The summed E-state index contributed by atoms with van der Waals surface area (Å²) in [5.74, 6) is -0.338. The van der Waals surface area contributed by atoms with Gasteiger partial charge in [-0.2, -0.15) is 5.26 Å². The van der Waals surface area contributed by atoms with E-state index in [9.17, 15) is 4.79 Å². The topological polar surface area (TPSA) is 50.1 Å². The number of nitriles is 1. The lowest BCUT2D eigenvalue weighted by atomic mass is 10.1. The summed E-state index contributed by atoms with van der Waals surface area (Å²) in [5.41, 5.74) is 1.90. The standard InChI is InChI=1S/C11H10INO2/c1-3-15-11(14)9-4-7(2)8(6-13)5-10(9)12/h4-5H,3H2,1-2H3. The molecule has 0 atom stereocenters. The van der Waals surface area contributed by atoms with Crippen LogP contribution in [0.15, 0.2) is 12.1 Å². The van der Waals surface area contributed by atoms with E-state index in [1.54, 1.807) is 26.0 Å². The number of rotatable bonds is 2. The van der Waals surface area contributed by atoms with Gasteiger partial charge in [0.25, 0.3) is 0 Å². The van der Waals surface area contributed by atoms with E-state index in [1.807, 2.05) is 22.6 Å². The van der Waals surface area contributed by atoms with Crippen molar-refractivity contribution in [1.29, 1.82) is 5.26 Å². The molecule has 0 aliphatic heterocycles. The van der Waals surface area contributed by atoms with Crippen molar-refractivity contribution in [3.8, 4) is 6.07 Å². The summed E-state index contributed by atoms with van der Waals surface area (Å²) >= 11 is 2.03. The summed E-state index contributed by atoms with van der Waals surface area (Å²) in [4.78, 5) is 11.5. The van der Waals surface area contributed by atoms with E-state index in [1.165, 1.54) is 0 Å². The summed E-state index contributed by atoms with van der Waals surface area (Å²) < 4.78 is 5.65. The van der Waals surface area contributed by atoms with Crippen LogP contribution in [0.4, 0.5) is 0 Å². The molecule has 0 unspecified atom stereocenters. The Balaban J connectivity index is 3.17. The number of carbonyl (C=O) groups is 1. The molecule has 0 bridgehead atoms. The third-order valence-corrected chi connectivity index (χ3v) is 2.82. The van der Waals surface area contributed by atoms with Crippen LogP contribution >= 0.6 is 22.6 Å². The molecule has 15 heavy (non-hydrogen) atoms. The Hall–Kier alpha value is -1.09. The molecule has 0 aliphatic carbocycles. The minimum atomic E-state index is -0.338. The first kappa shape index (κ1) is 12.0. The van der Waals surface area contributed by atoms with E-state index in [0.717, 1.165) is 9.13 Å². The van der Waals surface area contributed by atoms with E-state index in [2.05, 4.69) is 6.07 Å². The fourth-order valence-electron chi connectivity index (χ4n) is 1.17. The van der Waals surface area contributed by atoms with E-state index < -0.39 is 0 Å². The molecule has 0 fully saturated rings. The molecular formula is C11H10INO2. The first-order chi connectivity index (χ1) is 7.10. The van der Waals surface area contributed by atoms with Gasteiger partial charge in [0.15, 0.2) is 0 Å². The van der Waals surface area contributed by atoms with Gasteiger partial charge in [0.05, 0.1) is 23.8 Å². The van der Waals surface area contributed by atoms with Gasteiger partial charge in [0.1, 0.15) is 0 Å². The Morgan fingerprint density at radius 2 is 2.27 bits per heavy atom. The average molecular weight is 315 g/mol. The van der Waals surface area contributed by atoms with Crippen LogP contribution in [-0.2, 0) is 4.74 Å². The third-order valence-electron chi connectivity index (χ3n) is 1.93. The van der Waals surface area contributed by atoms with Crippen LogP contribution in [0.1, 0.15) is 28.4 Å². The molecule has 0 aromatic heterocycles. The number of ether oxygens (including phenoxy) is 1. The molecule has 4 heteroatoms. The van der Waals surface area contributed by atoms with Gasteiger partial charge in [0.2, 0.25) is 0 Å². The van der Waals surface area contributed by atoms with Crippen molar-refractivity contribution in [2.24, 2.45) is 0 Å². The molecule has 1 aromatic rings. The fourth-order valence-corrected chi connectivity index (χ4v) is 1.85. The van der Waals surface area contributed by atoms with Crippen LogP contribution in [-0.4, -0.2) is 12.6 Å². The van der Waals surface area contributed by atoms with Gasteiger partial charge in [-0.25, -0.2) is 4.79 Å². The van der Waals surface area contributed by atoms with Gasteiger partial charge in [0, 0.05) is 3.57 Å². The number of benzene rings is 1. The summed E-state index contributed by atoms with van der Waals surface area (Å²) in [6, 6.07) is 5.47. The van der Waals surface area contributed by atoms with Crippen molar-refractivity contribution >= 4 is 28.6 Å². The molecule has 0 saturated heterocycles. The van der Waals surface area contributed by atoms with Crippen LogP contribution in [0.5, 0.6) is 0 Å². The van der Waals surface area contributed by atoms with Crippen LogP contribution in [0.25, 0.3) is 0 Å². The smallest absolute Gasteiger partial charge is 0.339 e. The minimum Gasteiger partial charge on any atom is -0.462 e. The van der Waals surface area contributed by atoms with Crippen molar-refractivity contribution in [3.05, 3.63) is 32.4 Å². The molecule has 1 aromatic carbocycles. The van der Waals surface area contributed by atoms with E-state index in [4.69, 9.17) is 10.00 Å². The van der Waals surface area contributed by atoms with Gasteiger partial charge in [-0.3, -0.25) is 0 Å². The highest BCUT2D eigenvalue weighted by molar-refractivity contribution is 14.1. The summed E-state index contributed by atoms with van der Waals surface area (Å²) in [5, 5.41) is 8.81. The zero-order valence-corrected chi connectivity index (χ0v) is 10.7. The molecule has 0 spiro atoms. The monoisotopic (exact) mass is 315 g/mol. The van der Waals surface area contributed by atoms with Crippen LogP contribution in [0, 0.1) is 21.8 Å². The molecule has 0 amide bonds. The lowest BCUT2D eigenvalue weighted by Crippen LogP contribution is -2.07. The van der Waals surface area contributed by atoms with Crippen LogP contribution < -0.4 is 0 Å². The van der Waals surface area contributed by atoms with Crippen LogP contribution in [0.3, 0.4) is 0 Å². The molecule has 0 radical (unpaired) electrons. The van der Waals surface area contributed by atoms with Gasteiger partial charge in [-0.15, -0.1) is 0 Å². The Labute approximate surface area is 102 Å². The lowest BCUT2D eigenvalue weighted by Gasteiger charge is -2.06. The van der Waals surface area contributed by atoms with Gasteiger partial charge in [-0.1, -0.05) is 0 Å². The Morgan fingerprint density at radius 3 is 2.80 bits per heavy atom. The third kappa shape index (κ3) is 2.69. The minimum absolute atomic E-state index is 0.338. The van der Waals surface area contributed by atoms with E-state index in [-0.39, 0.29) is 5.97 Å². The summed E-state index contributed by atoms with van der Waals surface area (Å²) in [7, 11) is 0. The van der Waals surface area contributed by atoms with Gasteiger partial charge in [-0.05, 0) is 54.1 Å². The van der Waals surface area contributed by atoms with E-state index in [0.29, 0.717) is 17.7 Å². The summed E-state index contributed by atoms with van der Waals surface area (Å²) in [6.07, 6.45) is 0. The SMILES string of the molecule is CCOC(=O)c1cc(C)c(C#N)cc1I. The van der Waals surface area contributed by atoms with Crippen molar-refractivity contribution in [2.75, 3.05) is 6.61 Å². The highest BCUT2D eigenvalue weighted by Crippen LogP contribution is 2.18. The second-order valence-electron chi connectivity index (χ2n) is 2.98. The predicted octanol–water partition coefficient (Wildman–Crippen LogP) is 2.65. The van der Waals surface area contributed by atoms with E-state index >= 15 is 0 Å². The Kier molecular flexibility index (Phi) is 4.09. The average Bonchev–Trinajstić information content (AvgIpc) is 2.21. The maximum absolute atomic E-state index is 11.5. The molecule has 0 N–H and O–H groups in total. The van der Waals surface area contributed by atoms with Crippen molar-refractivity contribution in [1.82, 2.24) is 0 Å². The number of esters is 1. The molecule has 3 nitrogen and oxygen atoms in total. The van der Waals surface area contributed by atoms with Gasteiger partial charge < -0.3 is 4.74 Å². The number of aryl methyl sites for hydroxylation is 1. The Bertz CT molecular complexity index is 435. The second-order valence-corrected chi connectivity index (χ2v) is 4.14. The first-order valence-corrected chi connectivity index (χ1v) is 5.55. The second kappa shape index (κ2) is 5.12. The first-order valence-electron chi connectivity index (χ1n) is 4.47. The normalized spacial score (nSPS) is 9.47. The quantitative estimate of drug-likeness (QED) is 0.623. The van der Waals surface area contributed by atoms with Crippen molar-refractivity contribution in [2.45, 2.75) is 13.8 Å². The highest BCUT2D eigenvalue weighted by Gasteiger charge is 2.13. The zero-order chi connectivity index (χ0) is 11.4. The molecule has 0 aliphatic rings. The van der Waals surface area contributed by atoms with Gasteiger partial charge >= 0.3 is 5.97 Å². The highest BCUT2D eigenvalue weighted by atomic mass is 127.